The summed E-state index contributed by atoms with van der Waals surface area (Å²) in [4.78, 5) is 48.9. The van der Waals surface area contributed by atoms with E-state index in [0.717, 1.165) is 4.57 Å². The Labute approximate surface area is 124 Å². The summed E-state index contributed by atoms with van der Waals surface area (Å²) in [7, 11) is 0. The Hall–Kier alpha value is -2.90. The molecule has 0 radical (unpaired) electrons. The molecule has 2 aromatic rings. The second-order valence-electron chi connectivity index (χ2n) is 4.81. The second kappa shape index (κ2) is 6.25. The van der Waals surface area contributed by atoms with E-state index in [-0.39, 0.29) is 13.0 Å². The first-order valence-corrected chi connectivity index (χ1v) is 6.64. The second-order valence-corrected chi connectivity index (χ2v) is 4.81. The van der Waals surface area contributed by atoms with Crippen LogP contribution in [0, 0.1) is 0 Å². The number of carboxylic acid groups (broad SMARTS) is 1. The van der Waals surface area contributed by atoms with E-state index in [9.17, 15) is 19.2 Å². The van der Waals surface area contributed by atoms with Gasteiger partial charge in [-0.1, -0.05) is 12.1 Å². The molecule has 1 aromatic carbocycles. The number of aromatic nitrogens is 2. The van der Waals surface area contributed by atoms with Crippen LogP contribution < -0.4 is 16.6 Å². The maximum atomic E-state index is 12.2. The summed E-state index contributed by atoms with van der Waals surface area (Å²) in [6, 6.07) is 5.54. The predicted molar refractivity (Wildman–Crippen MR) is 78.7 cm³/mol. The molecular weight excluding hydrogens is 290 g/mol. The molecule has 1 atom stereocenters. The summed E-state index contributed by atoms with van der Waals surface area (Å²) >= 11 is 0. The van der Waals surface area contributed by atoms with E-state index in [4.69, 9.17) is 5.11 Å². The van der Waals surface area contributed by atoms with Crippen molar-refractivity contribution < 1.29 is 14.7 Å². The Balaban J connectivity index is 2.19. The number of carboxylic acids is 1. The lowest BCUT2D eigenvalue weighted by Crippen LogP contribution is -2.40. The van der Waals surface area contributed by atoms with Gasteiger partial charge in [-0.3, -0.25) is 19.0 Å². The predicted octanol–water partition coefficient (Wildman–Crippen LogP) is -0.331. The maximum absolute atomic E-state index is 12.2. The molecule has 0 aliphatic carbocycles. The van der Waals surface area contributed by atoms with Gasteiger partial charge in [-0.05, 0) is 19.1 Å². The highest BCUT2D eigenvalue weighted by molar-refractivity contribution is 5.83. The monoisotopic (exact) mass is 305 g/mol. The Morgan fingerprint density at radius 2 is 2.00 bits per heavy atom. The molecule has 3 N–H and O–H groups in total. The van der Waals surface area contributed by atoms with Crippen LogP contribution in [-0.4, -0.2) is 32.6 Å². The normalized spacial score (nSPS) is 12.0. The molecule has 22 heavy (non-hydrogen) atoms. The van der Waals surface area contributed by atoms with E-state index in [0.29, 0.717) is 10.9 Å². The van der Waals surface area contributed by atoms with Crippen molar-refractivity contribution >= 4 is 22.8 Å². The molecule has 1 heterocycles. The van der Waals surface area contributed by atoms with Crippen molar-refractivity contribution in [1.82, 2.24) is 14.9 Å². The number of carbonyl (C=O) groups is 2. The van der Waals surface area contributed by atoms with Gasteiger partial charge in [0.15, 0.2) is 0 Å². The van der Waals surface area contributed by atoms with Crippen LogP contribution in [-0.2, 0) is 16.1 Å². The van der Waals surface area contributed by atoms with Crippen LogP contribution in [0.5, 0.6) is 0 Å². The molecule has 8 nitrogen and oxygen atoms in total. The van der Waals surface area contributed by atoms with Crippen molar-refractivity contribution in [2.75, 3.05) is 0 Å². The number of hydrogen-bond acceptors (Lipinski definition) is 4. The van der Waals surface area contributed by atoms with E-state index in [1.54, 1.807) is 24.3 Å². The molecule has 0 fully saturated rings. The zero-order valence-corrected chi connectivity index (χ0v) is 11.8. The van der Waals surface area contributed by atoms with Crippen molar-refractivity contribution in [3.8, 4) is 0 Å². The number of aromatic amines is 1. The fourth-order valence-electron chi connectivity index (χ4n) is 1.99. The summed E-state index contributed by atoms with van der Waals surface area (Å²) in [5, 5.41) is 11.3. The molecule has 1 amide bonds. The number of nitrogens with zero attached hydrogens (tertiary/aromatic N) is 1. The number of H-pyrrole nitrogens is 1. The summed E-state index contributed by atoms with van der Waals surface area (Å²) in [6.45, 7) is 1.20. The maximum Gasteiger partial charge on any atom is 0.328 e. The summed E-state index contributed by atoms with van der Waals surface area (Å²) in [5.74, 6) is -1.71. The molecule has 2 rings (SSSR count). The quantitative estimate of drug-likeness (QED) is 0.698. The van der Waals surface area contributed by atoms with Gasteiger partial charge >= 0.3 is 11.7 Å². The van der Waals surface area contributed by atoms with Crippen LogP contribution in [0.1, 0.15) is 13.3 Å². The van der Waals surface area contributed by atoms with Crippen molar-refractivity contribution in [1.29, 1.82) is 0 Å². The highest BCUT2D eigenvalue weighted by Crippen LogP contribution is 2.03. The molecule has 8 heteroatoms. The summed E-state index contributed by atoms with van der Waals surface area (Å²) in [5.41, 5.74) is -0.668. The van der Waals surface area contributed by atoms with Crippen LogP contribution in [0.15, 0.2) is 33.9 Å². The number of fused-ring (bicyclic) bond motifs is 1. The number of rotatable bonds is 5. The van der Waals surface area contributed by atoms with E-state index in [1.165, 1.54) is 6.92 Å². The van der Waals surface area contributed by atoms with Crippen molar-refractivity contribution in [3.63, 3.8) is 0 Å². The van der Waals surface area contributed by atoms with Gasteiger partial charge in [-0.25, -0.2) is 4.79 Å². The lowest BCUT2D eigenvalue weighted by Gasteiger charge is -2.10. The Morgan fingerprint density at radius 1 is 1.32 bits per heavy atom. The average Bonchev–Trinajstić information content (AvgIpc) is 2.46. The number of carbonyl (C=O) groups excluding carboxylic acids is 1. The summed E-state index contributed by atoms with van der Waals surface area (Å²) < 4.78 is 0.924. The van der Waals surface area contributed by atoms with Crippen LogP contribution in [0.4, 0.5) is 0 Å². The van der Waals surface area contributed by atoms with Crippen LogP contribution in [0.3, 0.4) is 0 Å². The molecule has 0 bridgehead atoms. The van der Waals surface area contributed by atoms with Gasteiger partial charge in [-0.15, -0.1) is 0 Å². The van der Waals surface area contributed by atoms with Gasteiger partial charge in [0.05, 0.1) is 10.9 Å². The van der Waals surface area contributed by atoms with Gasteiger partial charge in [0.25, 0.3) is 5.56 Å². The smallest absolute Gasteiger partial charge is 0.328 e. The van der Waals surface area contributed by atoms with E-state index < -0.39 is 29.2 Å². The lowest BCUT2D eigenvalue weighted by molar-refractivity contribution is -0.141. The third-order valence-electron chi connectivity index (χ3n) is 3.20. The Bertz CT molecular complexity index is 836. The zero-order valence-electron chi connectivity index (χ0n) is 11.8. The first kappa shape index (κ1) is 15.5. The first-order valence-electron chi connectivity index (χ1n) is 6.64. The average molecular weight is 305 g/mol. The Morgan fingerprint density at radius 3 is 2.68 bits per heavy atom. The van der Waals surface area contributed by atoms with Crippen LogP contribution in [0.2, 0.25) is 0 Å². The standard InChI is InChI=1S/C14H15N3O5/c1-8(13(20)21)15-11(18)6-7-17-12(19)9-4-2-3-5-10(9)16-14(17)22/h2-5,8H,6-7H2,1H3,(H,15,18)(H,16,22)(H,20,21). The molecule has 1 aromatic heterocycles. The third-order valence-corrected chi connectivity index (χ3v) is 3.20. The van der Waals surface area contributed by atoms with Crippen LogP contribution >= 0.6 is 0 Å². The lowest BCUT2D eigenvalue weighted by atomic mass is 10.2. The fourth-order valence-corrected chi connectivity index (χ4v) is 1.99. The number of aliphatic carboxylic acids is 1. The van der Waals surface area contributed by atoms with Gasteiger partial charge in [-0.2, -0.15) is 0 Å². The van der Waals surface area contributed by atoms with E-state index in [2.05, 4.69) is 10.3 Å². The first-order chi connectivity index (χ1) is 10.4. The van der Waals surface area contributed by atoms with Crippen molar-refractivity contribution in [2.24, 2.45) is 0 Å². The molecule has 116 valence electrons. The molecular formula is C14H15N3O5. The number of amides is 1. The minimum Gasteiger partial charge on any atom is -0.480 e. The molecule has 0 saturated carbocycles. The van der Waals surface area contributed by atoms with Gasteiger partial charge in [0.1, 0.15) is 6.04 Å². The van der Waals surface area contributed by atoms with E-state index in [1.807, 2.05) is 0 Å². The zero-order chi connectivity index (χ0) is 16.3. The van der Waals surface area contributed by atoms with E-state index >= 15 is 0 Å². The highest BCUT2D eigenvalue weighted by atomic mass is 16.4. The van der Waals surface area contributed by atoms with Crippen molar-refractivity contribution in [2.45, 2.75) is 25.9 Å². The minimum absolute atomic E-state index is 0.128. The molecule has 0 aliphatic heterocycles. The molecule has 0 aliphatic rings. The summed E-state index contributed by atoms with van der Waals surface area (Å²) in [6.07, 6.45) is -0.168. The molecule has 0 saturated heterocycles. The van der Waals surface area contributed by atoms with Gasteiger partial charge in [0, 0.05) is 13.0 Å². The fraction of sp³-hybridized carbons (Fsp3) is 0.286. The highest BCUT2D eigenvalue weighted by Gasteiger charge is 2.14. The number of nitrogens with one attached hydrogen (secondary N) is 2. The number of para-hydroxylation sites is 1. The molecule has 0 spiro atoms. The van der Waals surface area contributed by atoms with Gasteiger partial charge < -0.3 is 15.4 Å². The Kier molecular flexibility index (Phi) is 4.40. The number of hydrogen-bond donors (Lipinski definition) is 3. The van der Waals surface area contributed by atoms with Crippen molar-refractivity contribution in [3.05, 3.63) is 45.1 Å². The SMILES string of the molecule is CC(NC(=O)CCn1c(=O)[nH]c2ccccc2c1=O)C(=O)O. The largest absolute Gasteiger partial charge is 0.480 e. The number of benzene rings is 1. The third kappa shape index (κ3) is 3.22. The van der Waals surface area contributed by atoms with Gasteiger partial charge in [0.2, 0.25) is 5.91 Å². The topological polar surface area (TPSA) is 121 Å². The minimum atomic E-state index is -1.16. The molecule has 1 unspecified atom stereocenters. The van der Waals surface area contributed by atoms with Crippen LogP contribution in [0.25, 0.3) is 10.9 Å².